The third-order valence-corrected chi connectivity index (χ3v) is 3.38. The summed E-state index contributed by atoms with van der Waals surface area (Å²) in [5, 5.41) is 19.6. The summed E-state index contributed by atoms with van der Waals surface area (Å²) in [6.07, 6.45) is 0.00569. The third-order valence-electron chi connectivity index (χ3n) is 3.38. The Hall–Kier alpha value is -0.610. The van der Waals surface area contributed by atoms with E-state index in [1.54, 1.807) is 4.90 Å². The van der Waals surface area contributed by atoms with Gasteiger partial charge in [-0.05, 0) is 26.7 Å². The lowest BCUT2D eigenvalue weighted by Gasteiger charge is -2.34. The van der Waals surface area contributed by atoms with E-state index >= 15 is 0 Å². The van der Waals surface area contributed by atoms with Crippen molar-refractivity contribution < 1.29 is 15.0 Å². The number of hydrogen-bond acceptors (Lipinski definition) is 3. The van der Waals surface area contributed by atoms with Crippen molar-refractivity contribution in [2.75, 3.05) is 0 Å². The second-order valence-electron chi connectivity index (χ2n) is 4.57. The highest BCUT2D eigenvalue weighted by Crippen LogP contribution is 2.38. The van der Waals surface area contributed by atoms with E-state index < -0.39 is 12.2 Å². The molecule has 1 aliphatic heterocycles. The third kappa shape index (κ3) is 1.17. The SMILES string of the molecule is CC(C)N1C(=O)C2CCC(O)C1C2O. The van der Waals surface area contributed by atoms with Crippen LogP contribution in [0.1, 0.15) is 26.7 Å². The van der Waals surface area contributed by atoms with Gasteiger partial charge in [-0.1, -0.05) is 0 Å². The van der Waals surface area contributed by atoms with Crippen LogP contribution in [0.2, 0.25) is 0 Å². The average Bonchev–Trinajstić information content (AvgIpc) is 2.25. The lowest BCUT2D eigenvalue weighted by atomic mass is 9.85. The molecule has 4 heteroatoms. The van der Waals surface area contributed by atoms with Crippen molar-refractivity contribution in [3.63, 3.8) is 0 Å². The van der Waals surface area contributed by atoms with Gasteiger partial charge in [0.05, 0.1) is 24.2 Å². The molecule has 1 amide bonds. The molecule has 14 heavy (non-hydrogen) atoms. The quantitative estimate of drug-likeness (QED) is 0.611. The Morgan fingerprint density at radius 3 is 2.57 bits per heavy atom. The summed E-state index contributed by atoms with van der Waals surface area (Å²) in [4.78, 5) is 13.5. The van der Waals surface area contributed by atoms with Crippen LogP contribution in [-0.4, -0.2) is 45.3 Å². The van der Waals surface area contributed by atoms with Gasteiger partial charge in [-0.2, -0.15) is 0 Å². The van der Waals surface area contributed by atoms with Gasteiger partial charge in [-0.15, -0.1) is 0 Å². The van der Waals surface area contributed by atoms with Gasteiger partial charge in [-0.3, -0.25) is 4.79 Å². The molecule has 0 aromatic carbocycles. The number of hydrogen-bond donors (Lipinski definition) is 2. The first-order valence-corrected chi connectivity index (χ1v) is 5.22. The fraction of sp³-hybridized carbons (Fsp3) is 0.900. The molecule has 2 rings (SSSR count). The van der Waals surface area contributed by atoms with E-state index in [2.05, 4.69) is 0 Å². The molecular weight excluding hydrogens is 182 g/mol. The highest BCUT2D eigenvalue weighted by atomic mass is 16.3. The Morgan fingerprint density at radius 1 is 1.36 bits per heavy atom. The summed E-state index contributed by atoms with van der Waals surface area (Å²) in [6, 6.07) is -0.318. The molecule has 4 unspecified atom stereocenters. The summed E-state index contributed by atoms with van der Waals surface area (Å²) in [5.41, 5.74) is 0. The first-order chi connectivity index (χ1) is 6.54. The molecule has 1 saturated carbocycles. The summed E-state index contributed by atoms with van der Waals surface area (Å²) < 4.78 is 0. The summed E-state index contributed by atoms with van der Waals surface area (Å²) in [7, 11) is 0. The predicted molar refractivity (Wildman–Crippen MR) is 50.5 cm³/mol. The zero-order valence-corrected chi connectivity index (χ0v) is 8.55. The van der Waals surface area contributed by atoms with Gasteiger partial charge in [0.1, 0.15) is 0 Å². The first-order valence-electron chi connectivity index (χ1n) is 5.22. The molecule has 0 spiro atoms. The molecule has 4 nitrogen and oxygen atoms in total. The molecule has 2 fully saturated rings. The van der Waals surface area contributed by atoms with Crippen LogP contribution in [0.4, 0.5) is 0 Å². The molecule has 0 aromatic rings. The molecular formula is C10H17NO3. The van der Waals surface area contributed by atoms with Crippen molar-refractivity contribution in [1.29, 1.82) is 0 Å². The van der Waals surface area contributed by atoms with Crippen LogP contribution in [0.3, 0.4) is 0 Å². The Morgan fingerprint density at radius 2 is 2.00 bits per heavy atom. The van der Waals surface area contributed by atoms with E-state index in [1.807, 2.05) is 13.8 Å². The maximum atomic E-state index is 11.8. The van der Waals surface area contributed by atoms with Crippen LogP contribution in [-0.2, 0) is 4.79 Å². The molecule has 1 aliphatic carbocycles. The Bertz CT molecular complexity index is 254. The van der Waals surface area contributed by atoms with Gasteiger partial charge in [0, 0.05) is 6.04 Å². The number of rotatable bonds is 1. The normalized spacial score (nSPS) is 42.4. The number of carbonyl (C=O) groups is 1. The minimum absolute atomic E-state index is 0.00838. The Balaban J connectivity index is 2.31. The molecule has 2 bridgehead atoms. The lowest BCUT2D eigenvalue weighted by molar-refractivity contribution is -0.133. The molecule has 1 heterocycles. The number of fused-ring (bicyclic) bond motifs is 2. The van der Waals surface area contributed by atoms with Gasteiger partial charge in [-0.25, -0.2) is 0 Å². The Kier molecular flexibility index (Phi) is 2.27. The van der Waals surface area contributed by atoms with Crippen molar-refractivity contribution in [1.82, 2.24) is 4.90 Å². The molecule has 2 aliphatic rings. The average molecular weight is 199 g/mol. The predicted octanol–water partition coefficient (Wildman–Crippen LogP) is -0.263. The highest BCUT2D eigenvalue weighted by Gasteiger charge is 2.53. The smallest absolute Gasteiger partial charge is 0.229 e. The fourth-order valence-corrected chi connectivity index (χ4v) is 2.71. The minimum atomic E-state index is -0.673. The number of amides is 1. The largest absolute Gasteiger partial charge is 0.391 e. The van der Waals surface area contributed by atoms with Gasteiger partial charge in [0.25, 0.3) is 0 Å². The van der Waals surface area contributed by atoms with Gasteiger partial charge >= 0.3 is 0 Å². The molecule has 0 aromatic heterocycles. The fourth-order valence-electron chi connectivity index (χ4n) is 2.71. The number of aliphatic hydroxyl groups excluding tert-OH is 2. The zero-order valence-electron chi connectivity index (χ0n) is 8.55. The van der Waals surface area contributed by atoms with E-state index in [0.717, 1.165) is 0 Å². The van der Waals surface area contributed by atoms with Gasteiger partial charge in [0.2, 0.25) is 5.91 Å². The summed E-state index contributed by atoms with van der Waals surface area (Å²) >= 11 is 0. The zero-order chi connectivity index (χ0) is 10.5. The Labute approximate surface area is 83.5 Å². The lowest BCUT2D eigenvalue weighted by Crippen LogP contribution is -2.49. The monoisotopic (exact) mass is 199 g/mol. The summed E-state index contributed by atoms with van der Waals surface area (Å²) in [5.74, 6) is -0.264. The van der Waals surface area contributed by atoms with Crippen LogP contribution >= 0.6 is 0 Å². The first kappa shape index (κ1) is 9.93. The maximum Gasteiger partial charge on any atom is 0.229 e. The molecule has 4 atom stereocenters. The van der Waals surface area contributed by atoms with Crippen LogP contribution < -0.4 is 0 Å². The molecule has 1 saturated heterocycles. The number of aliphatic hydroxyl groups is 2. The van der Waals surface area contributed by atoms with E-state index in [0.29, 0.717) is 12.8 Å². The van der Waals surface area contributed by atoms with Crippen LogP contribution in [0.15, 0.2) is 0 Å². The second-order valence-corrected chi connectivity index (χ2v) is 4.57. The maximum absolute atomic E-state index is 11.8. The van der Waals surface area contributed by atoms with Crippen LogP contribution in [0.25, 0.3) is 0 Å². The summed E-state index contributed by atoms with van der Waals surface area (Å²) in [6.45, 7) is 3.83. The molecule has 2 N–H and O–H groups in total. The van der Waals surface area contributed by atoms with Gasteiger partial charge < -0.3 is 15.1 Å². The van der Waals surface area contributed by atoms with Crippen molar-refractivity contribution in [2.45, 2.75) is 51.0 Å². The highest BCUT2D eigenvalue weighted by molar-refractivity contribution is 5.83. The van der Waals surface area contributed by atoms with Crippen molar-refractivity contribution >= 4 is 5.91 Å². The number of nitrogens with zero attached hydrogens (tertiary/aromatic N) is 1. The number of likely N-dealkylation sites (tertiary alicyclic amines) is 1. The molecule has 80 valence electrons. The minimum Gasteiger partial charge on any atom is -0.391 e. The van der Waals surface area contributed by atoms with E-state index in [4.69, 9.17) is 0 Å². The van der Waals surface area contributed by atoms with Crippen molar-refractivity contribution in [3.8, 4) is 0 Å². The van der Waals surface area contributed by atoms with Crippen LogP contribution in [0, 0.1) is 5.92 Å². The number of carbonyl (C=O) groups excluding carboxylic acids is 1. The molecule has 0 radical (unpaired) electrons. The standard InChI is InChI=1S/C10H17NO3/c1-5(2)11-8-7(12)4-3-6(9(8)13)10(11)14/h5-9,12-13H,3-4H2,1-2H3. The van der Waals surface area contributed by atoms with Gasteiger partial charge in [0.15, 0.2) is 0 Å². The van der Waals surface area contributed by atoms with Crippen LogP contribution in [0.5, 0.6) is 0 Å². The van der Waals surface area contributed by atoms with Crippen molar-refractivity contribution in [2.24, 2.45) is 5.92 Å². The van der Waals surface area contributed by atoms with Crippen molar-refractivity contribution in [3.05, 3.63) is 0 Å². The van der Waals surface area contributed by atoms with E-state index in [9.17, 15) is 15.0 Å². The van der Waals surface area contributed by atoms with E-state index in [-0.39, 0.29) is 23.9 Å². The van der Waals surface area contributed by atoms with E-state index in [1.165, 1.54) is 0 Å². The topological polar surface area (TPSA) is 60.8 Å². The second kappa shape index (κ2) is 3.21.